The second-order valence-electron chi connectivity index (χ2n) is 15.0. The Morgan fingerprint density at radius 2 is 1.75 bits per heavy atom. The maximum absolute atomic E-state index is 13.2. The van der Waals surface area contributed by atoms with Gasteiger partial charge >= 0.3 is 0 Å². The van der Waals surface area contributed by atoms with Crippen LogP contribution in [0.5, 0.6) is 5.75 Å². The summed E-state index contributed by atoms with van der Waals surface area (Å²) in [4.78, 5) is 75.3. The summed E-state index contributed by atoms with van der Waals surface area (Å²) in [6, 6.07) is 11.2. The van der Waals surface area contributed by atoms with Crippen LogP contribution >= 0.6 is 18.7 Å². The van der Waals surface area contributed by atoms with E-state index < -0.39 is 36.8 Å². The molecule has 3 aliphatic heterocycles. The van der Waals surface area contributed by atoms with Crippen LogP contribution in [0.2, 0.25) is 5.02 Å². The van der Waals surface area contributed by atoms with E-state index >= 15 is 0 Å². The molecule has 3 aromatic rings. The van der Waals surface area contributed by atoms with E-state index in [9.17, 15) is 28.5 Å². The number of hydrogen-bond acceptors (Lipinski definition) is 12. The van der Waals surface area contributed by atoms with E-state index in [-0.39, 0.29) is 48.2 Å². The Morgan fingerprint density at radius 1 is 0.982 bits per heavy atom. The first-order valence-electron chi connectivity index (χ1n) is 19.3. The molecule has 4 heterocycles. The fourth-order valence-corrected chi connectivity index (χ4v) is 8.75. The second kappa shape index (κ2) is 18.5. The number of imide groups is 2. The standard InChI is InChI=1S/C40H49ClN7O7P/c1-56(2,54)33-18-9-8-16-30(33)44-36-29(41)23-42-40(46-36)43-26-13-12-22-47(24-26)21-10-6-4-3-5-7-14-27(49)25-55-32-17-11-15-28-35(32)39(53)48(38(28)52)31-19-20-34(50)45-37(31)51/h8-9,11,15-18,23,26,31H,3-7,10,12-14,19-22,24-25H2,1-2H3,(H,45,50,51)(H2,42,43,44,46)/t26-,31?/m1/s1. The lowest BCUT2D eigenvalue weighted by molar-refractivity contribution is -0.136. The monoisotopic (exact) mass is 805 g/mol. The van der Waals surface area contributed by atoms with E-state index in [0.29, 0.717) is 28.9 Å². The SMILES string of the molecule is CP(C)(=O)c1ccccc1Nc1nc(N[C@@H]2CCCN(CCCCCCCCC(=O)COc3cccc4c3C(=O)N(C3CCC(=O)NC3=O)C4=O)C2)ncc1Cl. The molecule has 14 nitrogen and oxygen atoms in total. The van der Waals surface area contributed by atoms with Gasteiger partial charge < -0.3 is 24.8 Å². The number of Topliss-reactive ketones (excluding diaryl/α,β-unsaturated/α-hetero) is 1. The van der Waals surface area contributed by atoms with Gasteiger partial charge in [-0.3, -0.25) is 34.2 Å². The van der Waals surface area contributed by atoms with Crippen LogP contribution in [-0.2, 0) is 18.9 Å². The molecule has 2 fully saturated rings. The van der Waals surface area contributed by atoms with Gasteiger partial charge in [0.05, 0.1) is 23.0 Å². The number of unbranched alkanes of at least 4 members (excludes halogenated alkanes) is 5. The Morgan fingerprint density at radius 3 is 2.54 bits per heavy atom. The number of aromatic nitrogens is 2. The predicted molar refractivity (Wildman–Crippen MR) is 215 cm³/mol. The minimum atomic E-state index is -2.52. The first-order chi connectivity index (χ1) is 26.9. The van der Waals surface area contributed by atoms with Gasteiger partial charge in [-0.25, -0.2) is 4.98 Å². The Labute approximate surface area is 331 Å². The third-order valence-electron chi connectivity index (χ3n) is 10.3. The number of carbonyl (C=O) groups is 5. The number of rotatable bonds is 18. The van der Waals surface area contributed by atoms with Crippen molar-refractivity contribution in [3.8, 4) is 5.75 Å². The maximum Gasteiger partial charge on any atom is 0.266 e. The molecule has 1 aromatic heterocycles. The number of carbonyl (C=O) groups excluding carboxylic acids is 5. The summed E-state index contributed by atoms with van der Waals surface area (Å²) in [7, 11) is -2.52. The number of para-hydroxylation sites is 1. The van der Waals surface area contributed by atoms with Gasteiger partial charge in [0, 0.05) is 30.7 Å². The summed E-state index contributed by atoms with van der Waals surface area (Å²) in [6.45, 7) is 6.21. The van der Waals surface area contributed by atoms with Crippen molar-refractivity contribution in [2.24, 2.45) is 0 Å². The molecular weight excluding hydrogens is 757 g/mol. The molecule has 0 saturated carbocycles. The summed E-state index contributed by atoms with van der Waals surface area (Å²) in [5.41, 5.74) is 0.863. The Balaban J connectivity index is 0.864. The lowest BCUT2D eigenvalue weighted by atomic mass is 10.0. The average molecular weight is 806 g/mol. The lowest BCUT2D eigenvalue weighted by Crippen LogP contribution is -2.54. The number of anilines is 3. The molecule has 2 aromatic carbocycles. The van der Waals surface area contributed by atoms with Crippen molar-refractivity contribution in [1.29, 1.82) is 0 Å². The van der Waals surface area contributed by atoms with Crippen molar-refractivity contribution >= 4 is 70.9 Å². The molecule has 3 aliphatic rings. The molecule has 56 heavy (non-hydrogen) atoms. The van der Waals surface area contributed by atoms with Crippen molar-refractivity contribution in [3.63, 3.8) is 0 Å². The van der Waals surface area contributed by atoms with E-state index in [4.69, 9.17) is 16.3 Å². The summed E-state index contributed by atoms with van der Waals surface area (Å²) in [5, 5.41) is 10.0. The van der Waals surface area contributed by atoms with E-state index in [0.717, 1.165) is 81.2 Å². The Hall–Kier alpha value is -4.65. The molecule has 1 unspecified atom stereocenters. The molecule has 6 rings (SSSR count). The van der Waals surface area contributed by atoms with Gasteiger partial charge in [0.15, 0.2) is 11.6 Å². The predicted octanol–water partition coefficient (Wildman–Crippen LogP) is 5.78. The maximum atomic E-state index is 13.2. The van der Waals surface area contributed by atoms with Crippen molar-refractivity contribution in [2.75, 3.05) is 50.2 Å². The third-order valence-corrected chi connectivity index (χ3v) is 12.1. The highest BCUT2D eigenvalue weighted by molar-refractivity contribution is 7.70. The molecule has 3 N–H and O–H groups in total. The number of amides is 4. The number of nitrogens with zero attached hydrogens (tertiary/aromatic N) is 4. The molecule has 2 saturated heterocycles. The normalized spacial score (nSPS) is 18.8. The number of hydrogen-bond donors (Lipinski definition) is 3. The number of nitrogens with one attached hydrogen (secondary N) is 3. The number of piperidine rings is 2. The van der Waals surface area contributed by atoms with Crippen LogP contribution in [0.4, 0.5) is 17.5 Å². The van der Waals surface area contributed by atoms with Gasteiger partial charge in [-0.2, -0.15) is 4.98 Å². The number of ketones is 1. The number of benzene rings is 2. The van der Waals surface area contributed by atoms with Crippen LogP contribution in [0.15, 0.2) is 48.7 Å². The van der Waals surface area contributed by atoms with Crippen molar-refractivity contribution in [2.45, 2.75) is 82.7 Å². The van der Waals surface area contributed by atoms with Crippen molar-refractivity contribution in [1.82, 2.24) is 25.1 Å². The third kappa shape index (κ3) is 10.2. The molecule has 16 heteroatoms. The summed E-state index contributed by atoms with van der Waals surface area (Å²) in [5.74, 6) is -1.42. The molecule has 0 spiro atoms. The minimum Gasteiger partial charge on any atom is -0.485 e. The van der Waals surface area contributed by atoms with Gasteiger partial charge in [0.25, 0.3) is 11.8 Å². The number of fused-ring (bicyclic) bond motifs is 1. The molecule has 2 atom stereocenters. The molecule has 0 aliphatic carbocycles. The highest BCUT2D eigenvalue weighted by atomic mass is 35.5. The topological polar surface area (TPSA) is 180 Å². The van der Waals surface area contributed by atoms with Crippen LogP contribution in [-0.4, -0.2) is 101 Å². The van der Waals surface area contributed by atoms with Crippen LogP contribution in [0.25, 0.3) is 0 Å². The zero-order valence-corrected chi connectivity index (χ0v) is 33.5. The van der Waals surface area contributed by atoms with E-state index in [1.165, 1.54) is 12.1 Å². The highest BCUT2D eigenvalue weighted by Gasteiger charge is 2.46. The molecule has 4 amide bonds. The number of halogens is 1. The zero-order valence-electron chi connectivity index (χ0n) is 31.9. The van der Waals surface area contributed by atoms with E-state index in [2.05, 4.69) is 30.8 Å². The van der Waals surface area contributed by atoms with Gasteiger partial charge in [-0.15, -0.1) is 0 Å². The first kappa shape index (κ1) is 41.0. The quantitative estimate of drug-likeness (QED) is 0.0803. The Kier molecular flexibility index (Phi) is 13.6. The second-order valence-corrected chi connectivity index (χ2v) is 18.6. The summed E-state index contributed by atoms with van der Waals surface area (Å²) in [6.07, 6.45) is 10.1. The molecular formula is C40H49ClN7O7P. The van der Waals surface area contributed by atoms with E-state index in [1.807, 2.05) is 24.3 Å². The molecule has 298 valence electrons. The lowest BCUT2D eigenvalue weighted by Gasteiger charge is -2.33. The average Bonchev–Trinajstić information content (AvgIpc) is 3.42. The largest absolute Gasteiger partial charge is 0.485 e. The van der Waals surface area contributed by atoms with Crippen molar-refractivity contribution in [3.05, 3.63) is 64.8 Å². The smallest absolute Gasteiger partial charge is 0.266 e. The molecule has 0 radical (unpaired) electrons. The van der Waals surface area contributed by atoms with Gasteiger partial charge in [-0.05, 0) is 82.8 Å². The molecule has 0 bridgehead atoms. The first-order valence-corrected chi connectivity index (χ1v) is 22.3. The van der Waals surface area contributed by atoms with Crippen LogP contribution in [0.1, 0.15) is 91.3 Å². The zero-order chi connectivity index (χ0) is 39.8. The highest BCUT2D eigenvalue weighted by Crippen LogP contribution is 2.39. The van der Waals surface area contributed by atoms with Gasteiger partial charge in [0.2, 0.25) is 17.8 Å². The fourth-order valence-electron chi connectivity index (χ4n) is 7.46. The summed E-state index contributed by atoms with van der Waals surface area (Å²) < 4.78 is 18.6. The van der Waals surface area contributed by atoms with Crippen LogP contribution < -0.4 is 26.0 Å². The summed E-state index contributed by atoms with van der Waals surface area (Å²) >= 11 is 6.44. The number of ether oxygens (including phenoxy) is 1. The van der Waals surface area contributed by atoms with Gasteiger partial charge in [0.1, 0.15) is 30.6 Å². The van der Waals surface area contributed by atoms with E-state index in [1.54, 1.807) is 25.6 Å². The van der Waals surface area contributed by atoms with Crippen LogP contribution in [0.3, 0.4) is 0 Å². The number of likely N-dealkylation sites (tertiary alicyclic amines) is 1. The Bertz CT molecular complexity index is 2020. The van der Waals surface area contributed by atoms with Crippen LogP contribution in [0, 0.1) is 0 Å². The minimum absolute atomic E-state index is 0.0330. The van der Waals surface area contributed by atoms with Crippen molar-refractivity contribution < 1.29 is 33.3 Å². The fraction of sp³-hybridized carbons (Fsp3) is 0.475. The van der Waals surface area contributed by atoms with Gasteiger partial charge in [-0.1, -0.05) is 55.5 Å².